The van der Waals surface area contributed by atoms with E-state index in [0.717, 1.165) is 25.2 Å². The third kappa shape index (κ3) is 4.39. The number of hydrogen-bond donors (Lipinski definition) is 0. The first-order chi connectivity index (χ1) is 10.1. The van der Waals surface area contributed by atoms with Crippen LogP contribution in [0, 0.1) is 5.92 Å². The Morgan fingerprint density at radius 3 is 2.76 bits per heavy atom. The molecule has 0 aromatic heterocycles. The number of nitrogens with zero attached hydrogens (tertiary/aromatic N) is 2. The highest BCUT2D eigenvalue weighted by atomic mass is 16.1. The molecule has 0 spiro atoms. The Kier molecular flexibility index (Phi) is 5.95. The lowest BCUT2D eigenvalue weighted by atomic mass is 9.99. The largest absolute Gasteiger partial charge is 0.304 e. The quantitative estimate of drug-likeness (QED) is 0.721. The highest BCUT2D eigenvalue weighted by molar-refractivity contribution is 5.97. The van der Waals surface area contributed by atoms with E-state index in [4.69, 9.17) is 0 Å². The summed E-state index contributed by atoms with van der Waals surface area (Å²) in [6, 6.07) is 10.3. The minimum atomic E-state index is 0.0499. The van der Waals surface area contributed by atoms with Crippen LogP contribution in [0.3, 0.4) is 0 Å². The molecule has 1 aromatic carbocycles. The Labute approximate surface area is 128 Å². The van der Waals surface area contributed by atoms with Gasteiger partial charge in [-0.2, -0.15) is 0 Å². The molecule has 3 heteroatoms. The van der Waals surface area contributed by atoms with Gasteiger partial charge in [-0.1, -0.05) is 44.2 Å². The topological polar surface area (TPSA) is 23.6 Å². The van der Waals surface area contributed by atoms with Crippen molar-refractivity contribution in [1.29, 1.82) is 0 Å². The lowest BCUT2D eigenvalue weighted by molar-refractivity contribution is 0.0892. The van der Waals surface area contributed by atoms with Gasteiger partial charge in [0, 0.05) is 30.6 Å². The van der Waals surface area contributed by atoms with Crippen LogP contribution >= 0.6 is 0 Å². The number of rotatable bonds is 7. The summed E-state index contributed by atoms with van der Waals surface area (Å²) in [7, 11) is 2.14. The van der Waals surface area contributed by atoms with E-state index in [1.807, 2.05) is 37.3 Å². The van der Waals surface area contributed by atoms with Crippen molar-refractivity contribution in [2.45, 2.75) is 32.7 Å². The summed E-state index contributed by atoms with van der Waals surface area (Å²) < 4.78 is 0. The molecule has 21 heavy (non-hydrogen) atoms. The molecule has 2 atom stereocenters. The van der Waals surface area contributed by atoms with Crippen molar-refractivity contribution in [1.82, 2.24) is 9.80 Å². The summed E-state index contributed by atoms with van der Waals surface area (Å²) in [5.74, 6) is 0.301. The van der Waals surface area contributed by atoms with Crippen LogP contribution in [0.1, 0.15) is 37.0 Å². The molecule has 0 radical (unpaired) electrons. The van der Waals surface area contributed by atoms with E-state index in [1.165, 1.54) is 19.4 Å². The lowest BCUT2D eigenvalue weighted by Crippen LogP contribution is -2.40. The minimum absolute atomic E-state index is 0.0499. The van der Waals surface area contributed by atoms with Gasteiger partial charge in [-0.05, 0) is 33.0 Å². The summed E-state index contributed by atoms with van der Waals surface area (Å²) in [6.07, 6.45) is 2.60. The Bertz CT molecular complexity index is 446. The fraction of sp³-hybridized carbons (Fsp3) is 0.611. The molecule has 2 rings (SSSR count). The van der Waals surface area contributed by atoms with Gasteiger partial charge in [-0.3, -0.25) is 9.69 Å². The number of likely N-dealkylation sites (tertiary alicyclic amines) is 1. The molecule has 1 aromatic rings. The number of carbonyl (C=O) groups excluding carboxylic acids is 1. The second-order valence-electron chi connectivity index (χ2n) is 6.28. The monoisotopic (exact) mass is 288 g/mol. The van der Waals surface area contributed by atoms with E-state index < -0.39 is 0 Å². The molecule has 1 saturated heterocycles. The van der Waals surface area contributed by atoms with Crippen LogP contribution in [-0.2, 0) is 0 Å². The van der Waals surface area contributed by atoms with Gasteiger partial charge in [0.1, 0.15) is 0 Å². The Hall–Kier alpha value is -1.19. The van der Waals surface area contributed by atoms with Gasteiger partial charge >= 0.3 is 0 Å². The molecule has 1 aliphatic rings. The number of likely N-dealkylation sites (N-methyl/N-ethyl adjacent to an activating group) is 2. The maximum Gasteiger partial charge on any atom is 0.166 e. The van der Waals surface area contributed by atoms with Gasteiger partial charge in [-0.25, -0.2) is 0 Å². The molecular weight excluding hydrogens is 260 g/mol. The van der Waals surface area contributed by atoms with Crippen LogP contribution in [0.25, 0.3) is 0 Å². The van der Waals surface area contributed by atoms with Crippen LogP contribution in [-0.4, -0.2) is 54.9 Å². The summed E-state index contributed by atoms with van der Waals surface area (Å²) in [5.41, 5.74) is 0.828. The van der Waals surface area contributed by atoms with Crippen molar-refractivity contribution < 1.29 is 4.79 Å². The van der Waals surface area contributed by atoms with E-state index in [9.17, 15) is 4.79 Å². The lowest BCUT2D eigenvalue weighted by Gasteiger charge is -2.29. The van der Waals surface area contributed by atoms with Crippen LogP contribution in [0.5, 0.6) is 0 Å². The Morgan fingerprint density at radius 1 is 1.38 bits per heavy atom. The van der Waals surface area contributed by atoms with Crippen molar-refractivity contribution in [2.75, 3.05) is 33.2 Å². The molecule has 116 valence electrons. The molecule has 1 heterocycles. The highest BCUT2D eigenvalue weighted by Crippen LogP contribution is 2.18. The molecule has 1 aliphatic heterocycles. The van der Waals surface area contributed by atoms with Gasteiger partial charge in [0.25, 0.3) is 0 Å². The molecule has 0 aliphatic carbocycles. The van der Waals surface area contributed by atoms with E-state index in [2.05, 4.69) is 23.8 Å². The summed E-state index contributed by atoms with van der Waals surface area (Å²) in [5, 5.41) is 0. The molecule has 0 bridgehead atoms. The second-order valence-corrected chi connectivity index (χ2v) is 6.28. The number of ketones is 1. The van der Waals surface area contributed by atoms with Crippen molar-refractivity contribution in [2.24, 2.45) is 5.92 Å². The van der Waals surface area contributed by atoms with Crippen LogP contribution in [0.15, 0.2) is 30.3 Å². The molecule has 0 N–H and O–H groups in total. The van der Waals surface area contributed by atoms with Crippen LogP contribution in [0.4, 0.5) is 0 Å². The van der Waals surface area contributed by atoms with E-state index in [0.29, 0.717) is 6.04 Å². The molecule has 1 fully saturated rings. The van der Waals surface area contributed by atoms with Crippen molar-refractivity contribution in [3.8, 4) is 0 Å². The molecule has 0 saturated carbocycles. The number of benzene rings is 1. The van der Waals surface area contributed by atoms with Gasteiger partial charge < -0.3 is 4.90 Å². The average Bonchev–Trinajstić information content (AvgIpc) is 2.94. The Balaban J connectivity index is 1.84. The van der Waals surface area contributed by atoms with Gasteiger partial charge in [0.2, 0.25) is 0 Å². The van der Waals surface area contributed by atoms with Crippen LogP contribution < -0.4 is 0 Å². The first kappa shape index (κ1) is 16.2. The number of Topliss-reactive ketones (excluding diaryl/α,β-unsaturated/α-hetero) is 1. The van der Waals surface area contributed by atoms with E-state index in [-0.39, 0.29) is 11.7 Å². The average molecular weight is 288 g/mol. The maximum absolute atomic E-state index is 12.4. The summed E-state index contributed by atoms with van der Waals surface area (Å²) >= 11 is 0. The molecule has 0 amide bonds. The molecular formula is C18H28N2O. The first-order valence-electron chi connectivity index (χ1n) is 8.13. The number of carbonyl (C=O) groups is 1. The maximum atomic E-state index is 12.4. The smallest absolute Gasteiger partial charge is 0.166 e. The second kappa shape index (κ2) is 7.71. The third-order valence-electron chi connectivity index (χ3n) is 4.52. The van der Waals surface area contributed by atoms with Crippen molar-refractivity contribution >= 4 is 5.78 Å². The van der Waals surface area contributed by atoms with Gasteiger partial charge in [0.15, 0.2) is 5.78 Å². The van der Waals surface area contributed by atoms with Gasteiger partial charge in [0.05, 0.1) is 0 Å². The standard InChI is InChI=1S/C18H28N2O/c1-4-20-12-8-11-17(20)14-19(3)13-15(2)18(21)16-9-6-5-7-10-16/h5-7,9-10,15,17H,4,8,11-14H2,1-3H3. The minimum Gasteiger partial charge on any atom is -0.304 e. The summed E-state index contributed by atoms with van der Waals surface area (Å²) in [4.78, 5) is 17.3. The predicted molar refractivity (Wildman–Crippen MR) is 87.7 cm³/mol. The third-order valence-corrected chi connectivity index (χ3v) is 4.52. The Morgan fingerprint density at radius 2 is 2.10 bits per heavy atom. The van der Waals surface area contributed by atoms with E-state index in [1.54, 1.807) is 0 Å². The first-order valence-corrected chi connectivity index (χ1v) is 8.13. The highest BCUT2D eigenvalue weighted by Gasteiger charge is 2.25. The normalized spacial score (nSPS) is 20.9. The predicted octanol–water partition coefficient (Wildman–Crippen LogP) is 2.92. The zero-order valence-electron chi connectivity index (χ0n) is 13.6. The zero-order valence-corrected chi connectivity index (χ0v) is 13.6. The number of hydrogen-bond acceptors (Lipinski definition) is 3. The van der Waals surface area contributed by atoms with Gasteiger partial charge in [-0.15, -0.1) is 0 Å². The summed E-state index contributed by atoms with van der Waals surface area (Å²) in [6.45, 7) is 8.55. The molecule has 2 unspecified atom stereocenters. The van der Waals surface area contributed by atoms with E-state index >= 15 is 0 Å². The zero-order chi connectivity index (χ0) is 15.2. The van der Waals surface area contributed by atoms with Crippen molar-refractivity contribution in [3.05, 3.63) is 35.9 Å². The van der Waals surface area contributed by atoms with Crippen molar-refractivity contribution in [3.63, 3.8) is 0 Å². The SMILES string of the molecule is CCN1CCCC1CN(C)CC(C)C(=O)c1ccccc1. The van der Waals surface area contributed by atoms with Crippen LogP contribution in [0.2, 0.25) is 0 Å². The fourth-order valence-corrected chi connectivity index (χ4v) is 3.39. The fourth-order valence-electron chi connectivity index (χ4n) is 3.39. The molecule has 3 nitrogen and oxygen atoms in total.